The molecule has 1 amide bonds. The van der Waals surface area contributed by atoms with Crippen molar-refractivity contribution in [2.45, 2.75) is 38.3 Å². The number of nitrogens with zero attached hydrogens (tertiary/aromatic N) is 2. The van der Waals surface area contributed by atoms with Crippen LogP contribution >= 0.6 is 0 Å². The molecule has 116 valence electrons. The fraction of sp³-hybridized carbons (Fsp3) is 0.933. The molecule has 1 aliphatic heterocycles. The Hall–Kier alpha value is -0.650. The lowest BCUT2D eigenvalue weighted by atomic mass is 9.78. The van der Waals surface area contributed by atoms with Gasteiger partial charge in [-0.05, 0) is 39.3 Å². The van der Waals surface area contributed by atoms with Crippen LogP contribution in [0, 0.1) is 11.8 Å². The van der Waals surface area contributed by atoms with E-state index in [1.54, 1.807) is 0 Å². The van der Waals surface area contributed by atoms with Crippen molar-refractivity contribution in [3.63, 3.8) is 0 Å². The zero-order valence-corrected chi connectivity index (χ0v) is 13.1. The Morgan fingerprint density at radius 1 is 1.30 bits per heavy atom. The topological polar surface area (TPSA) is 61.6 Å². The lowest BCUT2D eigenvalue weighted by Crippen LogP contribution is -2.55. The van der Waals surface area contributed by atoms with Gasteiger partial charge in [0.05, 0.1) is 0 Å². The Morgan fingerprint density at radius 3 is 2.75 bits per heavy atom. The maximum atomic E-state index is 12.4. The van der Waals surface area contributed by atoms with Crippen molar-refractivity contribution in [1.82, 2.24) is 15.1 Å². The summed E-state index contributed by atoms with van der Waals surface area (Å²) in [5, 5.41) is 3.17. The first-order chi connectivity index (χ1) is 9.47. The van der Waals surface area contributed by atoms with E-state index in [9.17, 15) is 4.79 Å². The lowest BCUT2D eigenvalue weighted by Gasteiger charge is -2.38. The molecule has 3 N–H and O–H groups in total. The second kappa shape index (κ2) is 6.87. The molecule has 2 fully saturated rings. The van der Waals surface area contributed by atoms with Crippen molar-refractivity contribution in [3.8, 4) is 0 Å². The fourth-order valence-electron chi connectivity index (χ4n) is 3.50. The Morgan fingerprint density at radius 2 is 2.05 bits per heavy atom. The molecule has 1 heterocycles. The van der Waals surface area contributed by atoms with Gasteiger partial charge in [0.15, 0.2) is 0 Å². The van der Waals surface area contributed by atoms with E-state index < -0.39 is 0 Å². The molecule has 0 aromatic rings. The highest BCUT2D eigenvalue weighted by molar-refractivity contribution is 5.79. The number of amides is 1. The first-order valence-corrected chi connectivity index (χ1v) is 7.89. The Kier molecular flexibility index (Phi) is 5.41. The number of carbonyl (C=O) groups excluding carboxylic acids is 1. The molecule has 0 aromatic heterocycles. The summed E-state index contributed by atoms with van der Waals surface area (Å²) in [6, 6.07) is 0.714. The number of carbonyl (C=O) groups is 1. The normalized spacial score (nSPS) is 36.8. The molecule has 0 bridgehead atoms. The molecule has 5 nitrogen and oxygen atoms in total. The van der Waals surface area contributed by atoms with Crippen molar-refractivity contribution in [2.24, 2.45) is 17.6 Å². The first-order valence-electron chi connectivity index (χ1n) is 7.89. The van der Waals surface area contributed by atoms with E-state index in [0.29, 0.717) is 12.0 Å². The van der Waals surface area contributed by atoms with Gasteiger partial charge in [0, 0.05) is 44.2 Å². The smallest absolute Gasteiger partial charge is 0.223 e. The molecule has 1 aliphatic carbocycles. The van der Waals surface area contributed by atoms with Crippen LogP contribution in [0.5, 0.6) is 0 Å². The highest BCUT2D eigenvalue weighted by atomic mass is 16.1. The third kappa shape index (κ3) is 3.93. The van der Waals surface area contributed by atoms with Crippen molar-refractivity contribution in [3.05, 3.63) is 0 Å². The molecular formula is C15H30N4O. The first kappa shape index (κ1) is 15.7. The molecule has 0 radical (unpaired) electrons. The summed E-state index contributed by atoms with van der Waals surface area (Å²) >= 11 is 0. The highest BCUT2D eigenvalue weighted by Crippen LogP contribution is 2.29. The molecule has 20 heavy (non-hydrogen) atoms. The summed E-state index contributed by atoms with van der Waals surface area (Å²) in [7, 11) is 4.29. The van der Waals surface area contributed by atoms with Gasteiger partial charge in [0.25, 0.3) is 0 Å². The van der Waals surface area contributed by atoms with E-state index in [1.165, 1.54) is 0 Å². The highest BCUT2D eigenvalue weighted by Gasteiger charge is 2.31. The van der Waals surface area contributed by atoms with Gasteiger partial charge in [-0.1, -0.05) is 6.92 Å². The SMILES string of the molecule is CC1CC(N)CCC1C(=O)NCC1CN(C)CCN1C. The molecule has 4 unspecified atom stereocenters. The van der Waals surface area contributed by atoms with Crippen LogP contribution in [0.3, 0.4) is 0 Å². The molecular weight excluding hydrogens is 252 g/mol. The Labute approximate surface area is 122 Å². The van der Waals surface area contributed by atoms with Crippen molar-refractivity contribution >= 4 is 5.91 Å². The molecule has 0 spiro atoms. The summed E-state index contributed by atoms with van der Waals surface area (Å²) in [4.78, 5) is 17.0. The van der Waals surface area contributed by atoms with Gasteiger partial charge >= 0.3 is 0 Å². The minimum absolute atomic E-state index is 0.154. The number of hydrogen-bond acceptors (Lipinski definition) is 4. The van der Waals surface area contributed by atoms with Gasteiger partial charge in [0.2, 0.25) is 5.91 Å². The van der Waals surface area contributed by atoms with Crippen LogP contribution in [0.15, 0.2) is 0 Å². The number of hydrogen-bond donors (Lipinski definition) is 2. The van der Waals surface area contributed by atoms with E-state index in [-0.39, 0.29) is 17.9 Å². The predicted molar refractivity (Wildman–Crippen MR) is 81.4 cm³/mol. The van der Waals surface area contributed by atoms with E-state index in [0.717, 1.165) is 45.4 Å². The van der Waals surface area contributed by atoms with Crippen LogP contribution in [-0.4, -0.2) is 68.1 Å². The number of nitrogens with one attached hydrogen (secondary N) is 1. The standard InChI is InChI=1S/C15H30N4O/c1-11-8-12(16)4-5-14(11)15(20)17-9-13-10-18(2)6-7-19(13)3/h11-14H,4-10,16H2,1-3H3,(H,17,20). The van der Waals surface area contributed by atoms with Gasteiger partial charge in [-0.25, -0.2) is 0 Å². The van der Waals surface area contributed by atoms with Crippen LogP contribution in [0.2, 0.25) is 0 Å². The summed E-state index contributed by atoms with van der Waals surface area (Å²) in [5.74, 6) is 0.790. The largest absolute Gasteiger partial charge is 0.354 e. The van der Waals surface area contributed by atoms with E-state index in [4.69, 9.17) is 5.73 Å². The third-order valence-electron chi connectivity index (χ3n) is 5.04. The molecule has 1 saturated heterocycles. The minimum atomic E-state index is 0.154. The molecule has 2 rings (SSSR count). The Balaban J connectivity index is 1.79. The second-order valence-corrected chi connectivity index (χ2v) is 6.80. The van der Waals surface area contributed by atoms with Gasteiger partial charge in [-0.3, -0.25) is 9.69 Å². The van der Waals surface area contributed by atoms with Gasteiger partial charge in [-0.2, -0.15) is 0 Å². The molecule has 5 heteroatoms. The van der Waals surface area contributed by atoms with Crippen LogP contribution in [0.25, 0.3) is 0 Å². The summed E-state index contributed by atoms with van der Waals surface area (Å²) in [6.07, 6.45) is 2.90. The number of rotatable bonds is 3. The number of nitrogens with two attached hydrogens (primary N) is 1. The maximum absolute atomic E-state index is 12.4. The molecule has 2 aliphatic rings. The average molecular weight is 282 g/mol. The predicted octanol–water partition coefficient (Wildman–Crippen LogP) is 0.112. The summed E-state index contributed by atoms with van der Waals surface area (Å²) in [6.45, 7) is 6.13. The fourth-order valence-corrected chi connectivity index (χ4v) is 3.50. The van der Waals surface area contributed by atoms with Crippen LogP contribution in [0.1, 0.15) is 26.2 Å². The number of likely N-dealkylation sites (N-methyl/N-ethyl adjacent to an activating group) is 2. The second-order valence-electron chi connectivity index (χ2n) is 6.80. The van der Waals surface area contributed by atoms with E-state index in [1.807, 2.05) is 0 Å². The molecule has 4 atom stereocenters. The summed E-state index contributed by atoms with van der Waals surface area (Å²) in [5.41, 5.74) is 5.97. The van der Waals surface area contributed by atoms with Crippen LogP contribution < -0.4 is 11.1 Å². The zero-order valence-electron chi connectivity index (χ0n) is 13.1. The molecule has 0 aromatic carbocycles. The van der Waals surface area contributed by atoms with Crippen molar-refractivity contribution < 1.29 is 4.79 Å². The minimum Gasteiger partial charge on any atom is -0.354 e. The van der Waals surface area contributed by atoms with Crippen molar-refractivity contribution in [2.75, 3.05) is 40.3 Å². The van der Waals surface area contributed by atoms with Crippen LogP contribution in [0.4, 0.5) is 0 Å². The van der Waals surface area contributed by atoms with E-state index in [2.05, 4.69) is 36.1 Å². The Bertz CT molecular complexity index is 336. The average Bonchev–Trinajstić information content (AvgIpc) is 2.39. The lowest BCUT2D eigenvalue weighted by molar-refractivity contribution is -0.128. The van der Waals surface area contributed by atoms with Gasteiger partial charge < -0.3 is 16.0 Å². The maximum Gasteiger partial charge on any atom is 0.223 e. The third-order valence-corrected chi connectivity index (χ3v) is 5.04. The van der Waals surface area contributed by atoms with Gasteiger partial charge in [-0.15, -0.1) is 0 Å². The van der Waals surface area contributed by atoms with Gasteiger partial charge in [0.1, 0.15) is 0 Å². The summed E-state index contributed by atoms with van der Waals surface area (Å²) < 4.78 is 0. The van der Waals surface area contributed by atoms with Crippen LogP contribution in [-0.2, 0) is 4.79 Å². The quantitative estimate of drug-likeness (QED) is 0.771. The molecule has 1 saturated carbocycles. The zero-order chi connectivity index (χ0) is 14.7. The van der Waals surface area contributed by atoms with Crippen molar-refractivity contribution in [1.29, 1.82) is 0 Å². The van der Waals surface area contributed by atoms with E-state index >= 15 is 0 Å². The number of piperazine rings is 1. The monoisotopic (exact) mass is 282 g/mol.